The third-order valence-electron chi connectivity index (χ3n) is 12.5. The van der Waals surface area contributed by atoms with Crippen molar-refractivity contribution in [2.75, 3.05) is 6.61 Å². The lowest BCUT2D eigenvalue weighted by Crippen LogP contribution is -2.64. The molecule has 4 saturated carbocycles. The zero-order valence-electron chi connectivity index (χ0n) is 22.2. The fourth-order valence-corrected chi connectivity index (χ4v) is 10.5. The first-order valence-corrected chi connectivity index (χ1v) is 13.8. The van der Waals surface area contributed by atoms with Gasteiger partial charge in [-0.3, -0.25) is 14.4 Å². The molecule has 0 aromatic heterocycles. The number of rotatable bonds is 3. The van der Waals surface area contributed by atoms with Gasteiger partial charge in [-0.05, 0) is 111 Å². The van der Waals surface area contributed by atoms with E-state index < -0.39 is 0 Å². The number of fused-ring (bicyclic) bond motifs is 7. The molecule has 0 heterocycles. The second-order valence-corrected chi connectivity index (χ2v) is 13.4. The molecule has 0 aromatic rings. The van der Waals surface area contributed by atoms with Crippen LogP contribution in [0.3, 0.4) is 0 Å². The van der Waals surface area contributed by atoms with E-state index in [0.717, 1.165) is 56.9 Å². The average Bonchev–Trinajstić information content (AvgIpc) is 3.16. The molecule has 34 heavy (non-hydrogen) atoms. The maximum absolute atomic E-state index is 12.9. The molecule has 0 spiro atoms. The van der Waals surface area contributed by atoms with E-state index in [-0.39, 0.29) is 33.5 Å². The van der Waals surface area contributed by atoms with Crippen LogP contribution in [0.1, 0.15) is 106 Å². The van der Waals surface area contributed by atoms with Crippen molar-refractivity contribution in [3.8, 4) is 0 Å². The van der Waals surface area contributed by atoms with E-state index in [4.69, 9.17) is 4.74 Å². The van der Waals surface area contributed by atoms with E-state index in [1.165, 1.54) is 18.9 Å². The molecule has 4 nitrogen and oxygen atoms in total. The third kappa shape index (κ3) is 3.05. The van der Waals surface area contributed by atoms with Gasteiger partial charge < -0.3 is 4.74 Å². The molecule has 0 unspecified atom stereocenters. The second-order valence-electron chi connectivity index (χ2n) is 13.4. The molecular formula is C30H44O4. The molecule has 188 valence electrons. The van der Waals surface area contributed by atoms with Crippen molar-refractivity contribution in [3.63, 3.8) is 0 Å². The molecule has 5 rings (SSSR count). The minimum atomic E-state index is -0.204. The van der Waals surface area contributed by atoms with Gasteiger partial charge in [0, 0.05) is 24.7 Å². The number of carbonyl (C=O) groups excluding carboxylic acids is 3. The summed E-state index contributed by atoms with van der Waals surface area (Å²) in [5.74, 6) is 1.99. The monoisotopic (exact) mass is 468 g/mol. The van der Waals surface area contributed by atoms with Crippen LogP contribution >= 0.6 is 0 Å². The van der Waals surface area contributed by atoms with Crippen LogP contribution in [-0.2, 0) is 19.1 Å². The molecule has 0 saturated heterocycles. The Kier molecular flexibility index (Phi) is 5.54. The zero-order valence-corrected chi connectivity index (χ0v) is 22.2. The zero-order chi connectivity index (χ0) is 24.7. The van der Waals surface area contributed by atoms with Crippen LogP contribution in [0.15, 0.2) is 11.1 Å². The molecule has 0 bridgehead atoms. The highest BCUT2D eigenvalue weighted by Gasteiger charge is 2.69. The number of ketones is 2. The van der Waals surface area contributed by atoms with Crippen molar-refractivity contribution in [1.29, 1.82) is 0 Å². The maximum atomic E-state index is 12.9. The highest BCUT2D eigenvalue weighted by atomic mass is 16.5. The first-order chi connectivity index (χ1) is 15.9. The van der Waals surface area contributed by atoms with Crippen molar-refractivity contribution in [2.45, 2.75) is 106 Å². The highest BCUT2D eigenvalue weighted by Crippen LogP contribution is 2.76. The highest BCUT2D eigenvalue weighted by molar-refractivity contribution is 5.96. The van der Waals surface area contributed by atoms with E-state index in [1.807, 2.05) is 0 Å². The number of esters is 1. The van der Waals surface area contributed by atoms with Gasteiger partial charge in [-0.15, -0.1) is 0 Å². The third-order valence-corrected chi connectivity index (χ3v) is 12.5. The van der Waals surface area contributed by atoms with Crippen molar-refractivity contribution in [1.82, 2.24) is 0 Å². The Morgan fingerprint density at radius 1 is 0.912 bits per heavy atom. The normalized spacial score (nSPS) is 47.9. The lowest BCUT2D eigenvalue weighted by Gasteiger charge is -2.70. The van der Waals surface area contributed by atoms with E-state index in [9.17, 15) is 14.4 Å². The molecule has 0 N–H and O–H groups in total. The Morgan fingerprint density at radius 2 is 1.65 bits per heavy atom. The fraction of sp³-hybridized carbons (Fsp3) is 0.833. The summed E-state index contributed by atoms with van der Waals surface area (Å²) in [4.78, 5) is 37.2. The van der Waals surface area contributed by atoms with Gasteiger partial charge in [0.25, 0.3) is 0 Å². The molecule has 8 atom stereocenters. The Hall–Kier alpha value is -1.45. The summed E-state index contributed by atoms with van der Waals surface area (Å²) in [5.41, 5.74) is 2.97. The van der Waals surface area contributed by atoms with E-state index >= 15 is 0 Å². The molecule has 4 heteroatoms. The van der Waals surface area contributed by atoms with Gasteiger partial charge in [0.1, 0.15) is 5.78 Å². The Bertz CT molecular complexity index is 963. The molecular weight excluding hydrogens is 424 g/mol. The van der Waals surface area contributed by atoms with Gasteiger partial charge in [-0.25, -0.2) is 0 Å². The van der Waals surface area contributed by atoms with Gasteiger partial charge in [0.2, 0.25) is 0 Å². The average molecular weight is 469 g/mol. The van der Waals surface area contributed by atoms with Crippen LogP contribution < -0.4 is 0 Å². The van der Waals surface area contributed by atoms with Gasteiger partial charge in [-0.1, -0.05) is 26.3 Å². The minimum Gasteiger partial charge on any atom is -0.465 e. The SMILES string of the molecule is CC(=O)OC[C@]12CC[C@@H](C(C)=O)[C@@H]1[C@H]1CC[C@@H]3[C@@]4(C)CCC(=O)C(C)=C4CC[C@@]3(C)[C@]1(C)CC2. The molecule has 5 aliphatic carbocycles. The number of ether oxygens (including phenoxy) is 1. The molecule has 0 aliphatic heterocycles. The number of Topliss-reactive ketones (excluding diaryl/α,β-unsaturated/α-hetero) is 2. The first kappa shape index (κ1) is 24.3. The molecule has 0 aromatic carbocycles. The lowest BCUT2D eigenvalue weighted by atomic mass is 9.34. The lowest BCUT2D eigenvalue weighted by molar-refractivity contribution is -0.205. The molecule has 0 amide bonds. The summed E-state index contributed by atoms with van der Waals surface area (Å²) in [6.07, 6.45) is 10.4. The number of carbonyl (C=O) groups is 3. The summed E-state index contributed by atoms with van der Waals surface area (Å²) in [7, 11) is 0. The Labute approximate surface area is 205 Å². The Balaban J connectivity index is 1.55. The van der Waals surface area contributed by atoms with Crippen LogP contribution in [0.5, 0.6) is 0 Å². The van der Waals surface area contributed by atoms with Crippen molar-refractivity contribution >= 4 is 17.5 Å². The molecule has 0 radical (unpaired) electrons. The fourth-order valence-electron chi connectivity index (χ4n) is 10.5. The first-order valence-electron chi connectivity index (χ1n) is 13.8. The topological polar surface area (TPSA) is 60.4 Å². The second kappa shape index (κ2) is 7.77. The summed E-state index contributed by atoms with van der Waals surface area (Å²) in [6, 6.07) is 0. The van der Waals surface area contributed by atoms with Crippen LogP contribution in [0.2, 0.25) is 0 Å². The van der Waals surface area contributed by atoms with Crippen LogP contribution in [0, 0.1) is 45.3 Å². The standard InChI is InChI=1S/C30H44O4/c1-18-22-10-13-29(6)25(27(22,4)12-11-24(18)33)8-7-23-26-21(19(2)31)9-14-30(26,17-34-20(3)32)16-15-28(23,29)5/h21,23,25-26H,7-17H2,1-6H3/t21-,23+,25+,26+,27-,28+,29+,30+/m0/s1. The number of hydrogen-bond donors (Lipinski definition) is 0. The van der Waals surface area contributed by atoms with E-state index in [2.05, 4.69) is 27.7 Å². The minimum absolute atomic E-state index is 0.0349. The van der Waals surface area contributed by atoms with Crippen LogP contribution in [0.25, 0.3) is 0 Å². The molecule has 4 fully saturated rings. The largest absolute Gasteiger partial charge is 0.465 e. The van der Waals surface area contributed by atoms with Gasteiger partial charge in [-0.2, -0.15) is 0 Å². The van der Waals surface area contributed by atoms with Crippen molar-refractivity contribution in [3.05, 3.63) is 11.1 Å². The van der Waals surface area contributed by atoms with Gasteiger partial charge in [0.05, 0.1) is 6.61 Å². The van der Waals surface area contributed by atoms with E-state index in [0.29, 0.717) is 42.3 Å². The summed E-state index contributed by atoms with van der Waals surface area (Å²) >= 11 is 0. The van der Waals surface area contributed by atoms with Gasteiger partial charge >= 0.3 is 5.97 Å². The summed E-state index contributed by atoms with van der Waals surface area (Å²) in [5, 5.41) is 0. The van der Waals surface area contributed by atoms with E-state index in [1.54, 1.807) is 6.92 Å². The van der Waals surface area contributed by atoms with Gasteiger partial charge in [0.15, 0.2) is 5.78 Å². The number of allylic oxidation sites excluding steroid dienone is 2. The summed E-state index contributed by atoms with van der Waals surface area (Å²) in [6.45, 7) is 13.4. The van der Waals surface area contributed by atoms with Crippen molar-refractivity contribution < 1.29 is 19.1 Å². The quantitative estimate of drug-likeness (QED) is 0.446. The maximum Gasteiger partial charge on any atom is 0.302 e. The van der Waals surface area contributed by atoms with Crippen molar-refractivity contribution in [2.24, 2.45) is 45.3 Å². The molecule has 5 aliphatic rings. The predicted molar refractivity (Wildman–Crippen MR) is 132 cm³/mol. The Morgan fingerprint density at radius 3 is 2.32 bits per heavy atom. The van der Waals surface area contributed by atoms with Crippen LogP contribution in [-0.4, -0.2) is 24.1 Å². The summed E-state index contributed by atoms with van der Waals surface area (Å²) < 4.78 is 5.68. The smallest absolute Gasteiger partial charge is 0.302 e. The number of hydrogen-bond acceptors (Lipinski definition) is 4. The van der Waals surface area contributed by atoms with Crippen LogP contribution in [0.4, 0.5) is 0 Å². The predicted octanol–water partition coefficient (Wildman–Crippen LogP) is 6.46.